The topological polar surface area (TPSA) is 12.4 Å². The largest absolute Gasteiger partial charge is 0.274 e. The highest BCUT2D eigenvalue weighted by atomic mass is 32.2. The van der Waals surface area contributed by atoms with Crippen LogP contribution in [-0.4, -0.2) is 16.8 Å². The van der Waals surface area contributed by atoms with Gasteiger partial charge in [-0.2, -0.15) is 0 Å². The SMILES string of the molecule is C/C=C/C1=N[C@H](Cc2ccccc2)CS1. The Kier molecular flexibility index (Phi) is 3.62. The Morgan fingerprint density at radius 2 is 2.20 bits per heavy atom. The second-order valence-corrected chi connectivity index (χ2v) is 4.66. The zero-order chi connectivity index (χ0) is 10.5. The van der Waals surface area contributed by atoms with Crippen molar-refractivity contribution >= 4 is 16.8 Å². The third kappa shape index (κ3) is 2.96. The third-order valence-corrected chi connectivity index (χ3v) is 3.45. The van der Waals surface area contributed by atoms with Crippen molar-refractivity contribution in [3.8, 4) is 0 Å². The van der Waals surface area contributed by atoms with Crippen LogP contribution >= 0.6 is 11.8 Å². The molecule has 1 aliphatic heterocycles. The van der Waals surface area contributed by atoms with E-state index in [0.29, 0.717) is 6.04 Å². The van der Waals surface area contributed by atoms with Crippen molar-refractivity contribution in [3.63, 3.8) is 0 Å². The van der Waals surface area contributed by atoms with Gasteiger partial charge in [0, 0.05) is 5.75 Å². The Labute approximate surface area is 95.3 Å². The second-order valence-electron chi connectivity index (χ2n) is 3.62. The minimum atomic E-state index is 0.462. The van der Waals surface area contributed by atoms with Crippen LogP contribution in [0.4, 0.5) is 0 Å². The number of nitrogens with zero attached hydrogens (tertiary/aromatic N) is 1. The number of aliphatic imine (C=N–C) groups is 1. The average Bonchev–Trinajstić information content (AvgIpc) is 2.68. The molecule has 1 aliphatic rings. The zero-order valence-electron chi connectivity index (χ0n) is 8.89. The summed E-state index contributed by atoms with van der Waals surface area (Å²) in [4.78, 5) is 4.67. The molecule has 1 atom stereocenters. The van der Waals surface area contributed by atoms with Gasteiger partial charge in [0.15, 0.2) is 0 Å². The molecule has 15 heavy (non-hydrogen) atoms. The van der Waals surface area contributed by atoms with Crippen LogP contribution in [0.5, 0.6) is 0 Å². The highest BCUT2D eigenvalue weighted by Crippen LogP contribution is 2.21. The molecule has 0 spiro atoms. The average molecular weight is 217 g/mol. The molecule has 2 rings (SSSR count). The number of rotatable bonds is 3. The Morgan fingerprint density at radius 3 is 2.93 bits per heavy atom. The van der Waals surface area contributed by atoms with Crippen molar-refractivity contribution < 1.29 is 0 Å². The molecule has 1 nitrogen and oxygen atoms in total. The first-order valence-corrected chi connectivity index (χ1v) is 6.24. The molecule has 1 aromatic rings. The van der Waals surface area contributed by atoms with E-state index >= 15 is 0 Å². The number of hydrogen-bond donors (Lipinski definition) is 0. The molecule has 0 fully saturated rings. The fourth-order valence-electron chi connectivity index (χ4n) is 1.66. The van der Waals surface area contributed by atoms with Crippen molar-refractivity contribution in [2.24, 2.45) is 4.99 Å². The molecular formula is C13H15NS. The lowest BCUT2D eigenvalue weighted by atomic mass is 10.1. The molecule has 0 saturated carbocycles. The summed E-state index contributed by atoms with van der Waals surface area (Å²) < 4.78 is 0. The van der Waals surface area contributed by atoms with Crippen molar-refractivity contribution in [1.29, 1.82) is 0 Å². The normalized spacial score (nSPS) is 20.9. The van der Waals surface area contributed by atoms with E-state index in [4.69, 9.17) is 0 Å². The van der Waals surface area contributed by atoms with E-state index in [0.717, 1.165) is 12.2 Å². The fourth-order valence-corrected chi connectivity index (χ4v) is 2.67. The summed E-state index contributed by atoms with van der Waals surface area (Å²) in [5, 5.41) is 1.18. The van der Waals surface area contributed by atoms with Gasteiger partial charge in [-0.3, -0.25) is 4.99 Å². The first-order valence-electron chi connectivity index (χ1n) is 5.25. The predicted molar refractivity (Wildman–Crippen MR) is 68.6 cm³/mol. The number of thioether (sulfide) groups is 1. The lowest BCUT2D eigenvalue weighted by molar-refractivity contribution is 0.763. The summed E-state index contributed by atoms with van der Waals surface area (Å²) in [7, 11) is 0. The van der Waals surface area contributed by atoms with Crippen LogP contribution < -0.4 is 0 Å². The quantitative estimate of drug-likeness (QED) is 0.756. The van der Waals surface area contributed by atoms with Crippen LogP contribution in [0.2, 0.25) is 0 Å². The van der Waals surface area contributed by atoms with Crippen LogP contribution in [0.3, 0.4) is 0 Å². The number of benzene rings is 1. The lowest BCUT2D eigenvalue weighted by Crippen LogP contribution is -2.07. The molecule has 0 aromatic heterocycles. The van der Waals surface area contributed by atoms with Gasteiger partial charge in [-0.15, -0.1) is 11.8 Å². The molecule has 0 saturated heterocycles. The predicted octanol–water partition coefficient (Wildman–Crippen LogP) is 3.32. The van der Waals surface area contributed by atoms with Gasteiger partial charge in [-0.25, -0.2) is 0 Å². The molecule has 1 aromatic carbocycles. The van der Waals surface area contributed by atoms with E-state index in [1.165, 1.54) is 10.6 Å². The van der Waals surface area contributed by atoms with Crippen LogP contribution in [-0.2, 0) is 6.42 Å². The van der Waals surface area contributed by atoms with Gasteiger partial charge in [0.2, 0.25) is 0 Å². The van der Waals surface area contributed by atoms with Crippen molar-refractivity contribution in [2.45, 2.75) is 19.4 Å². The monoisotopic (exact) mass is 217 g/mol. The summed E-state index contributed by atoms with van der Waals surface area (Å²) in [6.07, 6.45) is 5.21. The Balaban J connectivity index is 1.98. The summed E-state index contributed by atoms with van der Waals surface area (Å²) in [6, 6.07) is 11.1. The standard InChI is InChI=1S/C13H15NS/c1-2-6-13-14-12(10-15-13)9-11-7-4-3-5-8-11/h2-8,12H,9-10H2,1H3/b6-2+/t12-/m1/s1. The minimum Gasteiger partial charge on any atom is -0.274 e. The third-order valence-electron chi connectivity index (χ3n) is 2.36. The van der Waals surface area contributed by atoms with Crippen LogP contribution in [0.15, 0.2) is 47.5 Å². The molecule has 0 amide bonds. The first kappa shape index (κ1) is 10.5. The highest BCUT2D eigenvalue weighted by molar-refractivity contribution is 8.14. The fraction of sp³-hybridized carbons (Fsp3) is 0.308. The smallest absolute Gasteiger partial charge is 0.0905 e. The molecule has 0 bridgehead atoms. The maximum atomic E-state index is 4.67. The maximum absolute atomic E-state index is 4.67. The molecule has 2 heteroatoms. The molecule has 0 unspecified atom stereocenters. The van der Waals surface area contributed by atoms with Gasteiger partial charge in [0.1, 0.15) is 0 Å². The van der Waals surface area contributed by atoms with Crippen molar-refractivity contribution in [3.05, 3.63) is 48.0 Å². The van der Waals surface area contributed by atoms with Gasteiger partial charge in [0.05, 0.1) is 11.1 Å². The van der Waals surface area contributed by atoms with E-state index in [2.05, 4.69) is 47.5 Å². The lowest BCUT2D eigenvalue weighted by Gasteiger charge is -2.04. The zero-order valence-corrected chi connectivity index (χ0v) is 9.70. The molecule has 0 N–H and O–H groups in total. The van der Waals surface area contributed by atoms with Crippen molar-refractivity contribution in [1.82, 2.24) is 0 Å². The van der Waals surface area contributed by atoms with E-state index in [-0.39, 0.29) is 0 Å². The molecule has 0 aliphatic carbocycles. The minimum absolute atomic E-state index is 0.462. The van der Waals surface area contributed by atoms with Crippen LogP contribution in [0.1, 0.15) is 12.5 Å². The molecule has 78 valence electrons. The number of allylic oxidation sites excluding steroid dienone is 1. The Morgan fingerprint density at radius 1 is 1.40 bits per heavy atom. The Bertz CT molecular complexity index is 367. The summed E-state index contributed by atoms with van der Waals surface area (Å²) in [5.41, 5.74) is 1.38. The summed E-state index contributed by atoms with van der Waals surface area (Å²) in [5.74, 6) is 1.12. The van der Waals surface area contributed by atoms with Crippen LogP contribution in [0, 0.1) is 0 Å². The van der Waals surface area contributed by atoms with Crippen LogP contribution in [0.25, 0.3) is 0 Å². The molecular weight excluding hydrogens is 202 g/mol. The molecule has 1 heterocycles. The first-order chi connectivity index (χ1) is 7.38. The van der Waals surface area contributed by atoms with E-state index in [1.807, 2.05) is 18.7 Å². The van der Waals surface area contributed by atoms with Gasteiger partial charge in [-0.1, -0.05) is 36.4 Å². The van der Waals surface area contributed by atoms with Gasteiger partial charge in [-0.05, 0) is 25.0 Å². The van der Waals surface area contributed by atoms with Crippen molar-refractivity contribution in [2.75, 3.05) is 5.75 Å². The molecule has 0 radical (unpaired) electrons. The van der Waals surface area contributed by atoms with Gasteiger partial charge >= 0.3 is 0 Å². The number of hydrogen-bond acceptors (Lipinski definition) is 2. The second kappa shape index (κ2) is 5.17. The van der Waals surface area contributed by atoms with Gasteiger partial charge in [0.25, 0.3) is 0 Å². The van der Waals surface area contributed by atoms with E-state index in [1.54, 1.807) is 0 Å². The highest BCUT2D eigenvalue weighted by Gasteiger charge is 2.16. The summed E-state index contributed by atoms with van der Waals surface area (Å²) >= 11 is 1.86. The maximum Gasteiger partial charge on any atom is 0.0905 e. The van der Waals surface area contributed by atoms with E-state index in [9.17, 15) is 0 Å². The Hall–Kier alpha value is -1.02. The van der Waals surface area contributed by atoms with Gasteiger partial charge < -0.3 is 0 Å². The summed E-state index contributed by atoms with van der Waals surface area (Å²) in [6.45, 7) is 2.04. The van der Waals surface area contributed by atoms with E-state index < -0.39 is 0 Å².